The van der Waals surface area contributed by atoms with Gasteiger partial charge in [-0.25, -0.2) is 18.4 Å². The number of ether oxygens (including phenoxy) is 1. The number of halogens is 3. The van der Waals surface area contributed by atoms with E-state index in [1.807, 2.05) is 0 Å². The molecule has 0 spiro atoms. The van der Waals surface area contributed by atoms with Gasteiger partial charge < -0.3 is 14.3 Å². The van der Waals surface area contributed by atoms with Gasteiger partial charge in [0.05, 0.1) is 6.10 Å². The summed E-state index contributed by atoms with van der Waals surface area (Å²) in [7, 11) is -2.29. The third kappa shape index (κ3) is 5.83. The van der Waals surface area contributed by atoms with E-state index in [0.29, 0.717) is 22.7 Å². The monoisotopic (exact) mass is 531 g/mol. The van der Waals surface area contributed by atoms with Gasteiger partial charge >= 0.3 is 0 Å². The molecule has 178 valence electrons. The lowest BCUT2D eigenvalue weighted by Gasteiger charge is -2.40. The highest BCUT2D eigenvalue weighted by atomic mass is 79.9. The van der Waals surface area contributed by atoms with Gasteiger partial charge in [-0.05, 0) is 71.0 Å². The molecule has 6 nitrogen and oxygen atoms in total. The summed E-state index contributed by atoms with van der Waals surface area (Å²) in [5, 5.41) is 15.4. The molecule has 0 aliphatic carbocycles. The molecule has 1 aliphatic rings. The van der Waals surface area contributed by atoms with E-state index in [4.69, 9.17) is 9.16 Å². The topological polar surface area (TPSA) is 69.4 Å². The second-order valence-corrected chi connectivity index (χ2v) is 15.3. The first kappa shape index (κ1) is 25.4. The first-order valence-electron chi connectivity index (χ1n) is 10.9. The number of rotatable bonds is 7. The molecule has 3 unspecified atom stereocenters. The third-order valence-corrected chi connectivity index (χ3v) is 11.2. The molecule has 3 rings (SSSR count). The summed E-state index contributed by atoms with van der Waals surface area (Å²) in [5.74, 6) is -1.50. The molecule has 3 atom stereocenters. The average Bonchev–Trinajstić information content (AvgIpc) is 3.11. The molecular formula is C22H32BrF2N3O3Si. The zero-order valence-electron chi connectivity index (χ0n) is 19.2. The van der Waals surface area contributed by atoms with Crippen molar-refractivity contribution in [2.45, 2.75) is 83.0 Å². The fourth-order valence-electron chi connectivity index (χ4n) is 3.47. The van der Waals surface area contributed by atoms with Crippen molar-refractivity contribution in [2.24, 2.45) is 0 Å². The van der Waals surface area contributed by atoms with Crippen LogP contribution in [0.1, 0.15) is 76.3 Å². The van der Waals surface area contributed by atoms with Crippen molar-refractivity contribution in [1.29, 1.82) is 0 Å². The minimum atomic E-state index is -2.29. The summed E-state index contributed by atoms with van der Waals surface area (Å²) < 4.78 is 42.0. The number of hydrogen-bond acceptors (Lipinski definition) is 5. The number of aromatic nitrogens is 3. The van der Waals surface area contributed by atoms with Crippen molar-refractivity contribution in [2.75, 3.05) is 6.61 Å². The highest BCUT2D eigenvalue weighted by molar-refractivity contribution is 9.10. The maximum absolute atomic E-state index is 14.0. The molecule has 2 heterocycles. The molecule has 0 bridgehead atoms. The second-order valence-electron chi connectivity index (χ2n) is 9.80. The Bertz CT molecular complexity index is 930. The van der Waals surface area contributed by atoms with Gasteiger partial charge in [0.25, 0.3) is 0 Å². The molecule has 10 heteroatoms. The van der Waals surface area contributed by atoms with Gasteiger partial charge in [-0.1, -0.05) is 26.8 Å². The molecule has 1 saturated heterocycles. The largest absolute Gasteiger partial charge is 0.410 e. The predicted molar refractivity (Wildman–Crippen MR) is 124 cm³/mol. The highest BCUT2D eigenvalue weighted by Crippen LogP contribution is 2.42. The molecule has 0 amide bonds. The molecule has 1 N–H and O–H groups in total. The van der Waals surface area contributed by atoms with Crippen LogP contribution in [0.2, 0.25) is 18.1 Å². The lowest BCUT2D eigenvalue weighted by molar-refractivity contribution is -0.0466. The van der Waals surface area contributed by atoms with Gasteiger partial charge in [0.15, 0.2) is 32.0 Å². The Morgan fingerprint density at radius 3 is 2.59 bits per heavy atom. The van der Waals surface area contributed by atoms with Crippen LogP contribution in [0.5, 0.6) is 0 Å². The lowest BCUT2D eigenvalue weighted by Crippen LogP contribution is -2.42. The number of nitrogens with zero attached hydrogens (tertiary/aromatic N) is 3. The smallest absolute Gasteiger partial charge is 0.217 e. The van der Waals surface area contributed by atoms with Crippen LogP contribution in [-0.4, -0.2) is 34.8 Å². The fraction of sp³-hybridized carbons (Fsp3) is 0.636. The number of aliphatic hydroxyl groups excluding tert-OH is 1. The van der Waals surface area contributed by atoms with E-state index in [2.05, 4.69) is 59.9 Å². The molecule has 0 saturated carbocycles. The van der Waals surface area contributed by atoms with Crippen molar-refractivity contribution in [3.8, 4) is 0 Å². The van der Waals surface area contributed by atoms with E-state index in [-0.39, 0.29) is 17.7 Å². The maximum Gasteiger partial charge on any atom is 0.217 e. The van der Waals surface area contributed by atoms with E-state index in [1.165, 1.54) is 6.07 Å². The normalized spacial score (nSPS) is 19.7. The third-order valence-electron chi connectivity index (χ3n) is 6.35. The van der Waals surface area contributed by atoms with Gasteiger partial charge in [-0.15, -0.1) is 5.10 Å². The van der Waals surface area contributed by atoms with Gasteiger partial charge in [0.1, 0.15) is 6.10 Å². The van der Waals surface area contributed by atoms with E-state index in [9.17, 15) is 13.9 Å². The van der Waals surface area contributed by atoms with Crippen LogP contribution in [0.4, 0.5) is 8.78 Å². The Labute approximate surface area is 197 Å². The van der Waals surface area contributed by atoms with Crippen LogP contribution < -0.4 is 0 Å². The Balaban J connectivity index is 1.91. The lowest BCUT2D eigenvalue weighted by atomic mass is 10.0. The van der Waals surface area contributed by atoms with Crippen molar-refractivity contribution in [3.05, 3.63) is 46.0 Å². The maximum atomic E-state index is 14.0. The van der Waals surface area contributed by atoms with Gasteiger partial charge in [-0.3, -0.25) is 0 Å². The first-order chi connectivity index (χ1) is 14.9. The summed E-state index contributed by atoms with van der Waals surface area (Å²) in [5.41, 5.74) is 0.479. The minimum Gasteiger partial charge on any atom is -0.410 e. The van der Waals surface area contributed by atoms with E-state index in [1.54, 1.807) is 4.68 Å². The molecule has 1 aliphatic heterocycles. The van der Waals surface area contributed by atoms with E-state index < -0.39 is 32.2 Å². The number of benzene rings is 1. The summed E-state index contributed by atoms with van der Waals surface area (Å²) in [4.78, 5) is 4.37. The van der Waals surface area contributed by atoms with E-state index in [0.717, 1.165) is 31.4 Å². The number of hydrogen-bond donors (Lipinski definition) is 1. The molecule has 2 aromatic rings. The minimum absolute atomic E-state index is 0.103. The molecule has 1 fully saturated rings. The number of aliphatic hydroxyl groups is 1. The SMILES string of the molecule is CC(C)(C)[Si](C)(C)OC(CC(O)c1nc(Br)nn1C1CCCCO1)c1ccc(F)c(F)c1. The zero-order valence-corrected chi connectivity index (χ0v) is 21.8. The average molecular weight is 533 g/mol. The highest BCUT2D eigenvalue weighted by Gasteiger charge is 2.40. The van der Waals surface area contributed by atoms with Crippen molar-refractivity contribution >= 4 is 24.2 Å². The van der Waals surface area contributed by atoms with Crippen molar-refractivity contribution in [3.63, 3.8) is 0 Å². The Kier molecular flexibility index (Phi) is 7.92. The Morgan fingerprint density at radius 2 is 2.00 bits per heavy atom. The van der Waals surface area contributed by atoms with Crippen molar-refractivity contribution in [1.82, 2.24) is 14.8 Å². The summed E-state index contributed by atoms with van der Waals surface area (Å²) in [6.07, 6.45) is 0.916. The quantitative estimate of drug-likeness (QED) is 0.430. The Hall–Kier alpha value is -1.20. The molecule has 0 radical (unpaired) electrons. The fourth-order valence-corrected chi connectivity index (χ4v) is 5.12. The Morgan fingerprint density at radius 1 is 1.28 bits per heavy atom. The first-order valence-corrected chi connectivity index (χ1v) is 14.6. The summed E-state index contributed by atoms with van der Waals surface area (Å²) in [6.45, 7) is 11.1. The van der Waals surface area contributed by atoms with Crippen LogP contribution in [0.25, 0.3) is 0 Å². The van der Waals surface area contributed by atoms with E-state index >= 15 is 0 Å². The van der Waals surface area contributed by atoms with Crippen LogP contribution >= 0.6 is 15.9 Å². The molecular weight excluding hydrogens is 500 g/mol. The van der Waals surface area contributed by atoms with Crippen molar-refractivity contribution < 1.29 is 23.1 Å². The van der Waals surface area contributed by atoms with Crippen LogP contribution in [-0.2, 0) is 9.16 Å². The van der Waals surface area contributed by atoms with Crippen LogP contribution in [0.3, 0.4) is 0 Å². The summed E-state index contributed by atoms with van der Waals surface area (Å²) in [6, 6.07) is 3.74. The van der Waals surface area contributed by atoms with Gasteiger partial charge in [-0.2, -0.15) is 0 Å². The second kappa shape index (κ2) is 9.96. The predicted octanol–water partition coefficient (Wildman–Crippen LogP) is 6.20. The zero-order chi connectivity index (χ0) is 23.7. The molecule has 1 aromatic heterocycles. The molecule has 32 heavy (non-hydrogen) atoms. The standard InChI is InChI=1S/C22H32BrF2N3O3Si/c1-22(2,3)32(4,5)31-18(14-9-10-15(24)16(25)12-14)13-17(29)20-26-21(23)27-28(20)19-8-6-7-11-30-19/h9-10,12,17-19,29H,6-8,11,13H2,1-5H3. The molecule has 1 aromatic carbocycles. The van der Waals surface area contributed by atoms with Gasteiger partial charge in [0.2, 0.25) is 4.73 Å². The van der Waals surface area contributed by atoms with Crippen LogP contribution in [0.15, 0.2) is 22.9 Å². The summed E-state index contributed by atoms with van der Waals surface area (Å²) >= 11 is 3.30. The van der Waals surface area contributed by atoms with Crippen LogP contribution in [0, 0.1) is 11.6 Å². The van der Waals surface area contributed by atoms with Gasteiger partial charge in [0, 0.05) is 13.0 Å².